The molecule has 0 saturated carbocycles. The molecule has 2 N–H and O–H groups in total. The van der Waals surface area contributed by atoms with Crippen LogP contribution in [-0.4, -0.2) is 49.4 Å². The molecule has 1 saturated heterocycles. The number of benzene rings is 2. The van der Waals surface area contributed by atoms with Gasteiger partial charge in [-0.15, -0.1) is 0 Å². The third-order valence-electron chi connectivity index (χ3n) is 5.56. The standard InChI is InChI=1S/C24H30N2O6S/c1-17(2)13-15-32-21-9-5-18(6-10-21)23(27)25-20-7-11-22(12-8-20)33(30,31)26-14-3-4-19(16-26)24(28)29/h5-12,17,19H,3-4,13-16H2,1-2H3,(H,25,27)(H,28,29). The molecule has 1 aliphatic rings. The summed E-state index contributed by atoms with van der Waals surface area (Å²) in [4.78, 5) is 23.8. The molecule has 1 atom stereocenters. The molecule has 0 aliphatic carbocycles. The van der Waals surface area contributed by atoms with E-state index < -0.39 is 21.9 Å². The quantitative estimate of drug-likeness (QED) is 0.571. The first kappa shape index (κ1) is 24.7. The Hall–Kier alpha value is -2.91. The van der Waals surface area contributed by atoms with Crippen molar-refractivity contribution < 1.29 is 27.9 Å². The van der Waals surface area contributed by atoms with Crippen LogP contribution in [0.3, 0.4) is 0 Å². The van der Waals surface area contributed by atoms with E-state index in [1.165, 1.54) is 28.6 Å². The van der Waals surface area contributed by atoms with Crippen molar-refractivity contribution in [1.82, 2.24) is 4.31 Å². The molecule has 1 aliphatic heterocycles. The first-order chi connectivity index (χ1) is 15.7. The lowest BCUT2D eigenvalue weighted by Crippen LogP contribution is -2.42. The smallest absolute Gasteiger partial charge is 0.307 e. The third-order valence-corrected chi connectivity index (χ3v) is 7.44. The second-order valence-electron chi connectivity index (χ2n) is 8.57. The van der Waals surface area contributed by atoms with E-state index >= 15 is 0 Å². The van der Waals surface area contributed by atoms with Crippen molar-refractivity contribution in [2.24, 2.45) is 11.8 Å². The molecule has 0 spiro atoms. The molecule has 0 aromatic heterocycles. The molecule has 3 rings (SSSR count). The van der Waals surface area contributed by atoms with Gasteiger partial charge < -0.3 is 15.2 Å². The van der Waals surface area contributed by atoms with E-state index in [0.29, 0.717) is 48.9 Å². The Morgan fingerprint density at radius 3 is 2.39 bits per heavy atom. The van der Waals surface area contributed by atoms with Crippen LogP contribution in [-0.2, 0) is 14.8 Å². The van der Waals surface area contributed by atoms with Gasteiger partial charge in [-0.3, -0.25) is 9.59 Å². The number of nitrogens with one attached hydrogen (secondary N) is 1. The van der Waals surface area contributed by atoms with Gasteiger partial charge in [0, 0.05) is 24.3 Å². The fourth-order valence-electron chi connectivity index (χ4n) is 3.54. The van der Waals surface area contributed by atoms with Gasteiger partial charge in [-0.25, -0.2) is 8.42 Å². The maximum absolute atomic E-state index is 12.9. The number of hydrogen-bond donors (Lipinski definition) is 2. The Balaban J connectivity index is 1.61. The van der Waals surface area contributed by atoms with Gasteiger partial charge in [-0.1, -0.05) is 13.8 Å². The van der Waals surface area contributed by atoms with E-state index in [9.17, 15) is 23.1 Å². The van der Waals surface area contributed by atoms with Crippen molar-refractivity contribution in [3.8, 4) is 5.75 Å². The molecule has 1 unspecified atom stereocenters. The van der Waals surface area contributed by atoms with Crippen LogP contribution in [0.1, 0.15) is 43.5 Å². The monoisotopic (exact) mass is 474 g/mol. The zero-order valence-corrected chi connectivity index (χ0v) is 19.7. The van der Waals surface area contributed by atoms with Gasteiger partial charge in [0.15, 0.2) is 0 Å². The summed E-state index contributed by atoms with van der Waals surface area (Å²) in [6.07, 6.45) is 1.93. The largest absolute Gasteiger partial charge is 0.494 e. The molecule has 1 heterocycles. The molecule has 0 radical (unpaired) electrons. The number of aliphatic carboxylic acids is 1. The summed E-state index contributed by atoms with van der Waals surface area (Å²) in [5, 5.41) is 12.0. The summed E-state index contributed by atoms with van der Waals surface area (Å²) in [5.74, 6) is -0.746. The van der Waals surface area contributed by atoms with Gasteiger partial charge in [0.2, 0.25) is 10.0 Å². The van der Waals surface area contributed by atoms with Crippen molar-refractivity contribution in [3.63, 3.8) is 0 Å². The number of nitrogens with zero attached hydrogens (tertiary/aromatic N) is 1. The normalized spacial score (nSPS) is 17.0. The topological polar surface area (TPSA) is 113 Å². The number of carbonyl (C=O) groups excluding carboxylic acids is 1. The van der Waals surface area contributed by atoms with Crippen LogP contribution in [0.2, 0.25) is 0 Å². The number of anilines is 1. The number of carboxylic acid groups (broad SMARTS) is 1. The molecule has 33 heavy (non-hydrogen) atoms. The molecule has 1 amide bonds. The van der Waals surface area contributed by atoms with Crippen molar-refractivity contribution in [3.05, 3.63) is 54.1 Å². The van der Waals surface area contributed by atoms with Gasteiger partial charge in [-0.05, 0) is 73.7 Å². The first-order valence-electron chi connectivity index (χ1n) is 11.0. The second-order valence-corrected chi connectivity index (χ2v) is 10.5. The summed E-state index contributed by atoms with van der Waals surface area (Å²) in [5.41, 5.74) is 0.911. The van der Waals surface area contributed by atoms with E-state index in [0.717, 1.165) is 6.42 Å². The Kier molecular flexibility index (Phi) is 8.10. The number of hydrogen-bond acceptors (Lipinski definition) is 5. The number of carboxylic acids is 1. The van der Waals surface area contributed by atoms with Crippen LogP contribution in [0.4, 0.5) is 5.69 Å². The third kappa shape index (κ3) is 6.55. The Morgan fingerprint density at radius 1 is 1.12 bits per heavy atom. The van der Waals surface area contributed by atoms with Gasteiger partial charge in [0.25, 0.3) is 5.91 Å². The average Bonchev–Trinajstić information content (AvgIpc) is 2.79. The van der Waals surface area contributed by atoms with Crippen LogP contribution in [0.15, 0.2) is 53.4 Å². The number of sulfonamides is 1. The Morgan fingerprint density at radius 2 is 1.79 bits per heavy atom. The van der Waals surface area contributed by atoms with Crippen molar-refractivity contribution in [2.75, 3.05) is 25.0 Å². The van der Waals surface area contributed by atoms with Crippen molar-refractivity contribution in [2.45, 2.75) is 38.0 Å². The second kappa shape index (κ2) is 10.8. The molecule has 0 bridgehead atoms. The predicted octanol–water partition coefficient (Wildman–Crippen LogP) is 3.85. The number of piperidine rings is 1. The Bertz CT molecular complexity index is 1070. The van der Waals surface area contributed by atoms with Gasteiger partial charge >= 0.3 is 5.97 Å². The summed E-state index contributed by atoms with van der Waals surface area (Å²) in [6.45, 7) is 5.13. The van der Waals surface area contributed by atoms with Gasteiger partial charge in [0.1, 0.15) is 5.75 Å². The summed E-state index contributed by atoms with van der Waals surface area (Å²) >= 11 is 0. The predicted molar refractivity (Wildman–Crippen MR) is 125 cm³/mol. The van der Waals surface area contributed by atoms with Crippen LogP contribution in [0, 0.1) is 11.8 Å². The summed E-state index contributed by atoms with van der Waals surface area (Å²) in [6, 6.07) is 12.7. The highest BCUT2D eigenvalue weighted by molar-refractivity contribution is 7.89. The molecule has 2 aromatic carbocycles. The highest BCUT2D eigenvalue weighted by atomic mass is 32.2. The van der Waals surface area contributed by atoms with E-state index in [2.05, 4.69) is 19.2 Å². The molecule has 1 fully saturated rings. The van der Waals surface area contributed by atoms with Crippen molar-refractivity contribution in [1.29, 1.82) is 0 Å². The average molecular weight is 475 g/mol. The maximum atomic E-state index is 12.9. The van der Waals surface area contributed by atoms with E-state index in [1.54, 1.807) is 24.3 Å². The number of amides is 1. The lowest BCUT2D eigenvalue weighted by Gasteiger charge is -2.29. The zero-order valence-electron chi connectivity index (χ0n) is 18.9. The number of ether oxygens (including phenoxy) is 1. The lowest BCUT2D eigenvalue weighted by molar-refractivity contribution is -0.142. The Labute approximate surface area is 194 Å². The SMILES string of the molecule is CC(C)CCOc1ccc(C(=O)Nc2ccc(S(=O)(=O)N3CCCC(C(=O)O)C3)cc2)cc1. The molecule has 2 aromatic rings. The number of carbonyl (C=O) groups is 2. The molecule has 178 valence electrons. The van der Waals surface area contributed by atoms with Crippen LogP contribution in [0.25, 0.3) is 0 Å². The zero-order chi connectivity index (χ0) is 24.0. The molecule has 9 heteroatoms. The summed E-state index contributed by atoms with van der Waals surface area (Å²) < 4.78 is 32.7. The highest BCUT2D eigenvalue weighted by Gasteiger charge is 2.33. The molecular weight excluding hydrogens is 444 g/mol. The molecular formula is C24H30N2O6S. The summed E-state index contributed by atoms with van der Waals surface area (Å²) in [7, 11) is -3.80. The minimum absolute atomic E-state index is 0.0344. The van der Waals surface area contributed by atoms with Crippen LogP contribution < -0.4 is 10.1 Å². The first-order valence-corrected chi connectivity index (χ1v) is 12.5. The minimum Gasteiger partial charge on any atom is -0.494 e. The van der Waals surface area contributed by atoms with Gasteiger partial charge in [-0.2, -0.15) is 4.31 Å². The maximum Gasteiger partial charge on any atom is 0.307 e. The van der Waals surface area contributed by atoms with Crippen LogP contribution in [0.5, 0.6) is 5.75 Å². The van der Waals surface area contributed by atoms with E-state index in [1.807, 2.05) is 0 Å². The van der Waals surface area contributed by atoms with Crippen molar-refractivity contribution >= 4 is 27.6 Å². The number of rotatable bonds is 9. The van der Waals surface area contributed by atoms with E-state index in [-0.39, 0.29) is 17.3 Å². The highest BCUT2D eigenvalue weighted by Crippen LogP contribution is 2.25. The van der Waals surface area contributed by atoms with Gasteiger partial charge in [0.05, 0.1) is 17.4 Å². The lowest BCUT2D eigenvalue weighted by atomic mass is 10.0. The van der Waals surface area contributed by atoms with E-state index in [4.69, 9.17) is 4.74 Å². The molecule has 8 nitrogen and oxygen atoms in total. The van der Waals surface area contributed by atoms with Crippen LogP contribution >= 0.6 is 0 Å². The minimum atomic E-state index is -3.80. The fraction of sp³-hybridized carbons (Fsp3) is 0.417. The fourth-order valence-corrected chi connectivity index (χ4v) is 5.06.